The molecule has 0 aromatic heterocycles. The van der Waals surface area contributed by atoms with E-state index in [1.807, 2.05) is 27.7 Å². The monoisotopic (exact) mass is 394 g/mol. The molecule has 5 unspecified atom stereocenters. The van der Waals surface area contributed by atoms with Crippen LogP contribution in [0.1, 0.15) is 34.1 Å². The maximum Gasteiger partial charge on any atom is 0.340 e. The van der Waals surface area contributed by atoms with Gasteiger partial charge in [0.1, 0.15) is 6.10 Å². The minimum absolute atomic E-state index is 0.0174. The molecule has 6 rings (SSSR count). The van der Waals surface area contributed by atoms with E-state index in [0.717, 1.165) is 0 Å². The van der Waals surface area contributed by atoms with E-state index in [-0.39, 0.29) is 12.3 Å². The van der Waals surface area contributed by atoms with E-state index in [0.29, 0.717) is 6.61 Å². The second-order valence-corrected chi connectivity index (χ2v) is 10.7. The molecule has 6 fully saturated rings. The van der Waals surface area contributed by atoms with Gasteiger partial charge in [0.15, 0.2) is 5.60 Å². The quantitative estimate of drug-likeness (QED) is 0.552. The highest BCUT2D eigenvalue weighted by molar-refractivity contribution is 5.89. The Balaban J connectivity index is 1.69. The lowest BCUT2D eigenvalue weighted by atomic mass is 9.52. The second kappa shape index (κ2) is 4.58. The van der Waals surface area contributed by atoms with E-state index in [4.69, 9.17) is 18.9 Å². The summed E-state index contributed by atoms with van der Waals surface area (Å²) >= 11 is 0. The fraction of sp³-hybridized carbons (Fsp3) is 0.900. The fourth-order valence-electron chi connectivity index (χ4n) is 8.40. The van der Waals surface area contributed by atoms with Crippen molar-refractivity contribution in [3.63, 3.8) is 0 Å². The van der Waals surface area contributed by atoms with E-state index in [1.54, 1.807) is 0 Å². The van der Waals surface area contributed by atoms with E-state index < -0.39 is 76.3 Å². The van der Waals surface area contributed by atoms with Crippen LogP contribution in [0.3, 0.4) is 0 Å². The molecule has 2 N–H and O–H groups in total. The van der Waals surface area contributed by atoms with Crippen molar-refractivity contribution in [1.29, 1.82) is 0 Å². The highest BCUT2D eigenvalue weighted by atomic mass is 16.7. The van der Waals surface area contributed by atoms with Crippen LogP contribution in [0.25, 0.3) is 0 Å². The number of hydrogen-bond acceptors (Lipinski definition) is 8. The maximum atomic E-state index is 13.3. The molecular formula is C20H26O8. The van der Waals surface area contributed by atoms with Gasteiger partial charge in [-0.2, -0.15) is 0 Å². The van der Waals surface area contributed by atoms with E-state index in [9.17, 15) is 19.8 Å². The van der Waals surface area contributed by atoms with Gasteiger partial charge < -0.3 is 29.2 Å². The summed E-state index contributed by atoms with van der Waals surface area (Å²) in [6, 6.07) is 0. The molecular weight excluding hydrogens is 368 g/mol. The van der Waals surface area contributed by atoms with E-state index in [2.05, 4.69) is 0 Å². The Labute approximate surface area is 162 Å². The summed E-state index contributed by atoms with van der Waals surface area (Å²) in [5.41, 5.74) is -4.23. The summed E-state index contributed by atoms with van der Waals surface area (Å²) in [6.07, 6.45) is -4.68. The minimum Gasteiger partial charge on any atom is -0.457 e. The third kappa shape index (κ3) is 1.35. The molecule has 4 saturated heterocycles. The summed E-state index contributed by atoms with van der Waals surface area (Å²) in [7, 11) is 0. The highest BCUT2D eigenvalue weighted by Crippen LogP contribution is 2.83. The van der Waals surface area contributed by atoms with Crippen molar-refractivity contribution < 1.29 is 38.7 Å². The first-order valence-electron chi connectivity index (χ1n) is 10.1. The topological polar surface area (TPSA) is 112 Å². The summed E-state index contributed by atoms with van der Waals surface area (Å²) in [5.74, 6) is -1.92. The van der Waals surface area contributed by atoms with E-state index in [1.165, 1.54) is 0 Å². The Morgan fingerprint density at radius 2 is 1.86 bits per heavy atom. The second-order valence-electron chi connectivity index (χ2n) is 10.7. The summed E-state index contributed by atoms with van der Waals surface area (Å²) in [6.45, 7) is 8.33. The SMILES string of the molecule is C[C@@H]1COC2[C@H]1[C@@]13OC4OC(=O)CC45[C@H](C(C)(C)C)[C@@H](O)C(OC1=O)C53[C@H]2O. The van der Waals surface area contributed by atoms with Crippen LogP contribution in [-0.2, 0) is 28.5 Å². The Bertz CT molecular complexity index is 805. The van der Waals surface area contributed by atoms with Crippen LogP contribution in [0, 0.1) is 34.0 Å². The molecule has 0 bridgehead atoms. The Morgan fingerprint density at radius 1 is 1.14 bits per heavy atom. The number of hydrogen-bond donors (Lipinski definition) is 2. The highest BCUT2D eigenvalue weighted by Gasteiger charge is 2.99. The van der Waals surface area contributed by atoms with Crippen LogP contribution in [0.4, 0.5) is 0 Å². The zero-order valence-electron chi connectivity index (χ0n) is 16.4. The molecule has 11 atom stereocenters. The average Bonchev–Trinajstić information content (AvgIpc) is 3.30. The summed E-state index contributed by atoms with van der Waals surface area (Å²) < 4.78 is 23.7. The van der Waals surface area contributed by atoms with Gasteiger partial charge in [-0.1, -0.05) is 27.7 Å². The van der Waals surface area contributed by atoms with Gasteiger partial charge in [-0.3, -0.25) is 4.79 Å². The van der Waals surface area contributed by atoms with Gasteiger partial charge in [-0.15, -0.1) is 0 Å². The largest absolute Gasteiger partial charge is 0.457 e. The van der Waals surface area contributed by atoms with Crippen molar-refractivity contribution in [3.8, 4) is 0 Å². The first-order chi connectivity index (χ1) is 13.0. The maximum absolute atomic E-state index is 13.3. The first kappa shape index (κ1) is 17.6. The minimum atomic E-state index is -1.47. The van der Waals surface area contributed by atoms with E-state index >= 15 is 0 Å². The lowest BCUT2D eigenvalue weighted by molar-refractivity contribution is -0.207. The molecule has 8 nitrogen and oxygen atoms in total. The molecule has 0 aromatic rings. The van der Waals surface area contributed by atoms with Crippen molar-refractivity contribution in [3.05, 3.63) is 0 Å². The zero-order chi connectivity index (χ0) is 20.0. The molecule has 4 aliphatic heterocycles. The van der Waals surface area contributed by atoms with Gasteiger partial charge in [-0.05, 0) is 11.3 Å². The Morgan fingerprint density at radius 3 is 2.54 bits per heavy atom. The van der Waals surface area contributed by atoms with Crippen molar-refractivity contribution in [2.24, 2.45) is 34.0 Å². The molecule has 28 heavy (non-hydrogen) atoms. The number of esters is 2. The lowest BCUT2D eigenvalue weighted by Crippen LogP contribution is -2.59. The zero-order valence-corrected chi connectivity index (χ0v) is 16.4. The van der Waals surface area contributed by atoms with Crippen LogP contribution in [0.5, 0.6) is 0 Å². The van der Waals surface area contributed by atoms with Gasteiger partial charge in [0.25, 0.3) is 0 Å². The molecule has 0 radical (unpaired) electrons. The summed E-state index contributed by atoms with van der Waals surface area (Å²) in [5, 5.41) is 23.1. The molecule has 0 aromatic carbocycles. The number of fused-ring (bicyclic) bond motifs is 1. The number of carbonyl (C=O) groups is 2. The molecule has 8 heteroatoms. The number of carbonyl (C=O) groups excluding carboxylic acids is 2. The van der Waals surface area contributed by atoms with Crippen molar-refractivity contribution in [1.82, 2.24) is 0 Å². The Kier molecular flexibility index (Phi) is 2.88. The molecule has 2 spiro atoms. The molecule has 6 aliphatic rings. The number of rotatable bonds is 0. The van der Waals surface area contributed by atoms with Crippen LogP contribution < -0.4 is 0 Å². The number of aliphatic hydroxyl groups is 2. The predicted molar refractivity (Wildman–Crippen MR) is 90.4 cm³/mol. The van der Waals surface area contributed by atoms with Crippen molar-refractivity contribution in [2.45, 2.75) is 70.4 Å². The fourth-order valence-corrected chi connectivity index (χ4v) is 8.40. The van der Waals surface area contributed by atoms with Crippen LogP contribution in [-0.4, -0.2) is 65.1 Å². The van der Waals surface area contributed by atoms with Crippen molar-refractivity contribution in [2.75, 3.05) is 6.61 Å². The normalized spacial score (nSPS) is 61.1. The Hall–Kier alpha value is -1.22. The van der Waals surface area contributed by atoms with Crippen LogP contribution >= 0.6 is 0 Å². The predicted octanol–water partition coefficient (Wildman–Crippen LogP) is -0.0110. The van der Waals surface area contributed by atoms with Crippen LogP contribution in [0.2, 0.25) is 0 Å². The lowest BCUT2D eigenvalue weighted by Gasteiger charge is -2.46. The molecule has 2 aliphatic carbocycles. The first-order valence-corrected chi connectivity index (χ1v) is 10.1. The van der Waals surface area contributed by atoms with Crippen molar-refractivity contribution >= 4 is 11.9 Å². The standard InChI is InChI=1S/C20H26O8/c1-7-6-25-11-9(7)20-15(24)27-14-10(22)12(17(2,3)4)18(19(14,20)13(11)23)5-8(21)26-16(18)28-20/h7,9-14,16,22-23H,5-6H2,1-4H3/t7-,9+,10-,11?,12+,13+,14?,16?,18?,19?,20-/m1/s1. The number of aliphatic hydroxyl groups excluding tert-OH is 2. The smallest absolute Gasteiger partial charge is 0.340 e. The van der Waals surface area contributed by atoms with Crippen LogP contribution in [0.15, 0.2) is 0 Å². The molecule has 0 amide bonds. The molecule has 154 valence electrons. The third-order valence-electron chi connectivity index (χ3n) is 8.67. The van der Waals surface area contributed by atoms with Gasteiger partial charge in [0.05, 0.1) is 42.2 Å². The molecule has 2 saturated carbocycles. The summed E-state index contributed by atoms with van der Waals surface area (Å²) in [4.78, 5) is 25.8. The van der Waals surface area contributed by atoms with Gasteiger partial charge in [-0.25, -0.2) is 4.79 Å². The number of ether oxygens (including phenoxy) is 4. The van der Waals surface area contributed by atoms with Gasteiger partial charge in [0, 0.05) is 11.8 Å². The average molecular weight is 394 g/mol. The molecule has 4 heterocycles. The van der Waals surface area contributed by atoms with Gasteiger partial charge in [0.2, 0.25) is 6.29 Å². The van der Waals surface area contributed by atoms with Gasteiger partial charge >= 0.3 is 11.9 Å². The third-order valence-corrected chi connectivity index (χ3v) is 8.67.